The summed E-state index contributed by atoms with van der Waals surface area (Å²) in [5.41, 5.74) is 7.88. The number of aromatic nitrogens is 1. The molecule has 6 aromatic carbocycles. The number of rotatable bonds is 4. The van der Waals surface area contributed by atoms with Crippen LogP contribution in [0.15, 0.2) is 179 Å². The summed E-state index contributed by atoms with van der Waals surface area (Å²) in [7, 11) is 0. The fourth-order valence-corrected chi connectivity index (χ4v) is 7.36. The molecule has 262 valence electrons. The first-order valence-corrected chi connectivity index (χ1v) is 17.8. The highest BCUT2D eigenvalue weighted by Gasteiger charge is 2.32. The number of nitrogens with zero attached hydrogens (tertiary/aromatic N) is 3. The molecule has 54 heavy (non-hydrogen) atoms. The standard InChI is InChI=1S/C47H33F3N4/c1-30-12-10-17-33(26-30)34-22-25-43-40(28-34)39-20-8-9-21-42(39)54(43)37-23-24-38(35-18-11-19-36(27-35)47(48,49)50)41(29-37)46-52-44(31-13-4-2-5-14-31)51-45(53-46)32-15-6-3-7-16-32/h2-17,19-29H,18H2,1H3,(H,51,52,53). The summed E-state index contributed by atoms with van der Waals surface area (Å²) in [5, 5.41) is 7.00. The summed E-state index contributed by atoms with van der Waals surface area (Å²) < 4.78 is 44.4. The number of aliphatic imine (C=N–C) groups is 2. The van der Waals surface area contributed by atoms with E-state index in [1.54, 1.807) is 6.08 Å². The Morgan fingerprint density at radius 1 is 0.611 bits per heavy atom. The van der Waals surface area contributed by atoms with Gasteiger partial charge in [0.2, 0.25) is 0 Å². The maximum Gasteiger partial charge on any atom is 0.416 e. The van der Waals surface area contributed by atoms with Crippen LogP contribution in [0.5, 0.6) is 0 Å². The first-order valence-electron chi connectivity index (χ1n) is 17.8. The van der Waals surface area contributed by atoms with Crippen LogP contribution in [0.4, 0.5) is 13.2 Å². The minimum Gasteiger partial charge on any atom is -0.324 e. The second-order valence-electron chi connectivity index (χ2n) is 13.5. The van der Waals surface area contributed by atoms with Gasteiger partial charge >= 0.3 is 6.18 Å². The normalized spacial score (nSPS) is 16.6. The predicted molar refractivity (Wildman–Crippen MR) is 214 cm³/mol. The van der Waals surface area contributed by atoms with Crippen molar-refractivity contribution in [2.24, 2.45) is 9.98 Å². The van der Waals surface area contributed by atoms with Gasteiger partial charge < -0.3 is 9.88 Å². The van der Waals surface area contributed by atoms with Crippen molar-refractivity contribution in [3.05, 3.63) is 197 Å². The average Bonchev–Trinajstić information content (AvgIpc) is 3.54. The largest absolute Gasteiger partial charge is 0.416 e. The van der Waals surface area contributed by atoms with Crippen LogP contribution in [0.2, 0.25) is 0 Å². The third-order valence-corrected chi connectivity index (χ3v) is 9.93. The number of nitrogens with one attached hydrogen (secondary N) is 1. The summed E-state index contributed by atoms with van der Waals surface area (Å²) in [6.45, 7) is 2.09. The van der Waals surface area contributed by atoms with E-state index in [2.05, 4.69) is 71.4 Å². The van der Waals surface area contributed by atoms with E-state index in [-0.39, 0.29) is 0 Å². The first kappa shape index (κ1) is 33.1. The fraction of sp³-hybridized carbons (Fsp3) is 0.0638. The molecule has 1 N–H and O–H groups in total. The van der Waals surface area contributed by atoms with Crippen LogP contribution in [0.1, 0.15) is 23.1 Å². The second-order valence-corrected chi connectivity index (χ2v) is 13.5. The van der Waals surface area contributed by atoms with Crippen LogP contribution in [0, 0.1) is 6.92 Å². The number of allylic oxidation sites excluding steroid dienone is 4. The minimum atomic E-state index is -4.48. The number of hydrogen-bond acceptors (Lipinski definition) is 3. The summed E-state index contributed by atoms with van der Waals surface area (Å²) in [5.74, 6) is 1.59. The third-order valence-electron chi connectivity index (χ3n) is 9.93. The molecule has 7 heteroatoms. The van der Waals surface area contributed by atoms with Gasteiger partial charge in [0.25, 0.3) is 0 Å². The van der Waals surface area contributed by atoms with E-state index in [1.807, 2.05) is 91.0 Å². The van der Waals surface area contributed by atoms with E-state index < -0.39 is 11.7 Å². The van der Waals surface area contributed by atoms with Gasteiger partial charge in [-0.05, 0) is 71.7 Å². The topological polar surface area (TPSA) is 41.7 Å². The van der Waals surface area contributed by atoms with Gasteiger partial charge in [-0.1, -0.05) is 133 Å². The SMILES string of the molecule is Cc1cccc(-c2ccc3c(c2)c2ccccc2n3-c2ccc(=C3C=C(C(F)(F)F)C=CC3)c(=C3N=C(c4ccccc4)N=C(c4ccccc4)N3)c2)c1. The maximum absolute atomic E-state index is 14.1. The van der Waals surface area contributed by atoms with E-state index in [0.29, 0.717) is 39.9 Å². The molecule has 4 nitrogen and oxygen atoms in total. The molecular formula is C47H33F3N4. The number of alkyl halides is 3. The van der Waals surface area contributed by atoms with Gasteiger partial charge in [-0.15, -0.1) is 0 Å². The van der Waals surface area contributed by atoms with Crippen molar-refractivity contribution < 1.29 is 13.2 Å². The lowest BCUT2D eigenvalue weighted by molar-refractivity contribution is -0.0882. The van der Waals surface area contributed by atoms with E-state index in [4.69, 9.17) is 9.98 Å². The Balaban J connectivity index is 1.34. The molecule has 0 fully saturated rings. The van der Waals surface area contributed by atoms with Crippen LogP contribution in [-0.4, -0.2) is 22.4 Å². The van der Waals surface area contributed by atoms with E-state index in [1.165, 1.54) is 11.6 Å². The number of para-hydroxylation sites is 1. The maximum atomic E-state index is 14.1. The Kier molecular flexibility index (Phi) is 8.19. The molecule has 0 amide bonds. The number of aryl methyl sites for hydroxylation is 1. The van der Waals surface area contributed by atoms with Gasteiger partial charge in [0.1, 0.15) is 11.7 Å². The van der Waals surface area contributed by atoms with Crippen molar-refractivity contribution in [3.8, 4) is 16.8 Å². The molecule has 0 saturated heterocycles. The van der Waals surface area contributed by atoms with Crippen molar-refractivity contribution in [1.82, 2.24) is 9.88 Å². The summed E-state index contributed by atoms with van der Waals surface area (Å²) in [4.78, 5) is 10.0. The van der Waals surface area contributed by atoms with Crippen molar-refractivity contribution in [1.29, 1.82) is 0 Å². The van der Waals surface area contributed by atoms with Crippen LogP contribution in [-0.2, 0) is 0 Å². The molecule has 2 heterocycles. The zero-order valence-electron chi connectivity index (χ0n) is 29.3. The lowest BCUT2D eigenvalue weighted by atomic mass is 9.98. The average molecular weight is 711 g/mol. The van der Waals surface area contributed by atoms with Crippen LogP contribution in [0.3, 0.4) is 0 Å². The third kappa shape index (κ3) is 6.13. The van der Waals surface area contributed by atoms with Crippen molar-refractivity contribution in [2.45, 2.75) is 19.5 Å². The van der Waals surface area contributed by atoms with Crippen molar-refractivity contribution in [3.63, 3.8) is 0 Å². The van der Waals surface area contributed by atoms with E-state index >= 15 is 0 Å². The molecule has 2 aliphatic rings. The highest BCUT2D eigenvalue weighted by molar-refractivity contribution is 6.16. The van der Waals surface area contributed by atoms with Gasteiger partial charge in [0.15, 0.2) is 5.84 Å². The molecular weight excluding hydrogens is 678 g/mol. The van der Waals surface area contributed by atoms with Crippen LogP contribution in [0.25, 0.3) is 50.0 Å². The molecule has 9 rings (SSSR count). The summed E-state index contributed by atoms with van der Waals surface area (Å²) in [6, 6.07) is 48.7. The molecule has 0 radical (unpaired) electrons. The number of halogens is 3. The van der Waals surface area contributed by atoms with Gasteiger partial charge in [-0.3, -0.25) is 0 Å². The highest BCUT2D eigenvalue weighted by Crippen LogP contribution is 2.35. The highest BCUT2D eigenvalue weighted by atomic mass is 19.4. The molecule has 0 unspecified atom stereocenters. The van der Waals surface area contributed by atoms with Crippen molar-refractivity contribution >= 4 is 44.9 Å². The molecule has 1 aliphatic carbocycles. The lowest BCUT2D eigenvalue weighted by Gasteiger charge is -2.19. The van der Waals surface area contributed by atoms with Gasteiger partial charge in [-0.25, -0.2) is 9.98 Å². The smallest absolute Gasteiger partial charge is 0.324 e. The molecule has 0 bridgehead atoms. The van der Waals surface area contributed by atoms with Gasteiger partial charge in [0, 0.05) is 32.8 Å². The number of benzene rings is 6. The Hall–Kier alpha value is -6.73. The fourth-order valence-electron chi connectivity index (χ4n) is 7.36. The summed E-state index contributed by atoms with van der Waals surface area (Å²) >= 11 is 0. The van der Waals surface area contributed by atoms with Crippen molar-refractivity contribution in [2.75, 3.05) is 0 Å². The Labute approximate surface area is 310 Å². The number of fused-ring (bicyclic) bond motifs is 3. The van der Waals surface area contributed by atoms with Gasteiger partial charge in [-0.2, -0.15) is 13.2 Å². The Bertz CT molecular complexity index is 2860. The second kappa shape index (κ2) is 13.4. The zero-order chi connectivity index (χ0) is 36.8. The molecule has 0 atom stereocenters. The first-order chi connectivity index (χ1) is 26.3. The molecule has 7 aromatic rings. The van der Waals surface area contributed by atoms with Crippen LogP contribution < -0.4 is 15.8 Å². The Morgan fingerprint density at radius 2 is 1.31 bits per heavy atom. The quantitative estimate of drug-likeness (QED) is 0.194. The summed E-state index contributed by atoms with van der Waals surface area (Å²) in [6.07, 6.45) is -0.166. The minimum absolute atomic E-state index is 0.339. The number of hydrogen-bond donors (Lipinski definition) is 1. The van der Waals surface area contributed by atoms with Gasteiger partial charge in [0.05, 0.1) is 16.6 Å². The van der Waals surface area contributed by atoms with Crippen LogP contribution >= 0.6 is 0 Å². The molecule has 0 saturated carbocycles. The molecule has 0 spiro atoms. The van der Waals surface area contributed by atoms with E-state index in [0.717, 1.165) is 55.8 Å². The predicted octanol–water partition coefficient (Wildman–Crippen LogP) is 9.92. The lowest BCUT2D eigenvalue weighted by Crippen LogP contribution is -2.38. The monoisotopic (exact) mass is 710 g/mol. The van der Waals surface area contributed by atoms with E-state index in [9.17, 15) is 13.2 Å². The Morgan fingerprint density at radius 3 is 2.09 bits per heavy atom. The molecule has 1 aromatic heterocycles. The molecule has 1 aliphatic heterocycles. The zero-order valence-corrected chi connectivity index (χ0v) is 29.3. The number of amidine groups is 2.